The second kappa shape index (κ2) is 9.17. The van der Waals surface area contributed by atoms with Gasteiger partial charge in [0.15, 0.2) is 0 Å². The van der Waals surface area contributed by atoms with Crippen LogP contribution in [0.2, 0.25) is 0 Å². The highest BCUT2D eigenvalue weighted by atomic mass is 79.9. The van der Waals surface area contributed by atoms with Crippen molar-refractivity contribution < 1.29 is 4.74 Å². The predicted octanol–water partition coefficient (Wildman–Crippen LogP) is 9.86. The molecule has 0 heterocycles. The van der Waals surface area contributed by atoms with E-state index in [2.05, 4.69) is 88.0 Å². The van der Waals surface area contributed by atoms with E-state index in [1.807, 2.05) is 60.7 Å². The van der Waals surface area contributed by atoms with Crippen molar-refractivity contribution in [1.29, 1.82) is 0 Å². The number of halogens is 4. The van der Waals surface area contributed by atoms with Crippen molar-refractivity contribution in [2.75, 3.05) is 0 Å². The number of hydrogen-bond acceptors (Lipinski definition) is 1. The van der Waals surface area contributed by atoms with Crippen LogP contribution in [0.5, 0.6) is 11.5 Å². The lowest BCUT2D eigenvalue weighted by Crippen LogP contribution is -1.92. The number of para-hydroxylation sites is 2. The first-order valence-corrected chi connectivity index (χ1v) is 12.0. The summed E-state index contributed by atoms with van der Waals surface area (Å²) in [6, 6.07) is 28.4. The molecule has 0 amide bonds. The standard InChI is InChI=1S/C24H14Br4O/c25-19-11-5-9-17(23(19)27)15-7-1-3-13-21(15)29-22-14-4-2-8-16(22)18-10-6-12-20(26)24(18)28/h1-14H. The Kier molecular flexibility index (Phi) is 6.60. The monoisotopic (exact) mass is 634 g/mol. The van der Waals surface area contributed by atoms with Crippen LogP contribution < -0.4 is 4.74 Å². The van der Waals surface area contributed by atoms with Crippen molar-refractivity contribution in [3.05, 3.63) is 103 Å². The van der Waals surface area contributed by atoms with Gasteiger partial charge in [0.05, 0.1) is 0 Å². The summed E-state index contributed by atoms with van der Waals surface area (Å²) in [7, 11) is 0. The van der Waals surface area contributed by atoms with E-state index in [9.17, 15) is 0 Å². The largest absolute Gasteiger partial charge is 0.456 e. The number of hydrogen-bond donors (Lipinski definition) is 0. The van der Waals surface area contributed by atoms with E-state index in [1.54, 1.807) is 0 Å². The van der Waals surface area contributed by atoms with Crippen LogP contribution in [0.1, 0.15) is 0 Å². The van der Waals surface area contributed by atoms with Gasteiger partial charge in [-0.1, -0.05) is 60.7 Å². The first-order valence-electron chi connectivity index (χ1n) is 8.81. The summed E-state index contributed by atoms with van der Waals surface area (Å²) in [6.07, 6.45) is 0. The highest BCUT2D eigenvalue weighted by Crippen LogP contribution is 2.43. The normalized spacial score (nSPS) is 10.8. The zero-order valence-corrected chi connectivity index (χ0v) is 21.3. The third-order valence-electron chi connectivity index (χ3n) is 4.48. The number of ether oxygens (including phenoxy) is 1. The Hall–Kier alpha value is -1.40. The average molecular weight is 638 g/mol. The van der Waals surface area contributed by atoms with Gasteiger partial charge in [-0.2, -0.15) is 0 Å². The Labute approximate surface area is 203 Å². The van der Waals surface area contributed by atoms with Gasteiger partial charge in [0.2, 0.25) is 0 Å². The van der Waals surface area contributed by atoms with E-state index in [-0.39, 0.29) is 0 Å². The molecule has 0 bridgehead atoms. The van der Waals surface area contributed by atoms with Gasteiger partial charge in [0.1, 0.15) is 11.5 Å². The van der Waals surface area contributed by atoms with Gasteiger partial charge in [0, 0.05) is 40.1 Å². The molecule has 0 aromatic heterocycles. The van der Waals surface area contributed by atoms with E-state index in [0.717, 1.165) is 51.6 Å². The van der Waals surface area contributed by atoms with Crippen LogP contribution in [0.25, 0.3) is 22.3 Å². The molecule has 0 saturated heterocycles. The molecule has 0 spiro atoms. The van der Waals surface area contributed by atoms with Crippen LogP contribution in [-0.4, -0.2) is 0 Å². The van der Waals surface area contributed by atoms with Gasteiger partial charge < -0.3 is 4.74 Å². The molecule has 0 unspecified atom stereocenters. The third kappa shape index (κ3) is 4.38. The van der Waals surface area contributed by atoms with Crippen LogP contribution >= 0.6 is 63.7 Å². The molecular formula is C24H14Br4O. The van der Waals surface area contributed by atoms with Gasteiger partial charge in [-0.25, -0.2) is 0 Å². The fourth-order valence-corrected chi connectivity index (χ4v) is 4.79. The van der Waals surface area contributed by atoms with E-state index in [0.29, 0.717) is 0 Å². The Morgan fingerprint density at radius 3 is 1.24 bits per heavy atom. The van der Waals surface area contributed by atoms with E-state index in [4.69, 9.17) is 4.74 Å². The lowest BCUT2D eigenvalue weighted by molar-refractivity contribution is 0.486. The van der Waals surface area contributed by atoms with Crippen molar-refractivity contribution in [3.8, 4) is 33.8 Å². The highest BCUT2D eigenvalue weighted by molar-refractivity contribution is 9.13. The molecule has 0 fully saturated rings. The molecule has 1 nitrogen and oxygen atoms in total. The minimum absolute atomic E-state index is 0.796. The Bertz CT molecular complexity index is 1090. The van der Waals surface area contributed by atoms with Crippen molar-refractivity contribution >= 4 is 63.7 Å². The van der Waals surface area contributed by atoms with Gasteiger partial charge >= 0.3 is 0 Å². The van der Waals surface area contributed by atoms with E-state index in [1.165, 1.54) is 0 Å². The second-order valence-electron chi connectivity index (χ2n) is 6.30. The molecule has 5 heteroatoms. The summed E-state index contributed by atoms with van der Waals surface area (Å²) in [5.41, 5.74) is 4.17. The quantitative estimate of drug-likeness (QED) is 0.216. The molecule has 0 N–H and O–H groups in total. The fraction of sp³-hybridized carbons (Fsp3) is 0. The minimum atomic E-state index is 0.796. The van der Waals surface area contributed by atoms with Crippen LogP contribution in [0.4, 0.5) is 0 Å². The summed E-state index contributed by atoms with van der Waals surface area (Å²) in [4.78, 5) is 0. The molecule has 0 aliphatic rings. The molecule has 0 atom stereocenters. The molecule has 0 aliphatic heterocycles. The molecule has 29 heavy (non-hydrogen) atoms. The van der Waals surface area contributed by atoms with Crippen molar-refractivity contribution in [2.45, 2.75) is 0 Å². The highest BCUT2D eigenvalue weighted by Gasteiger charge is 2.15. The van der Waals surface area contributed by atoms with Crippen molar-refractivity contribution in [1.82, 2.24) is 0 Å². The average Bonchev–Trinajstić information content (AvgIpc) is 2.73. The summed E-state index contributed by atoms with van der Waals surface area (Å²) in [6.45, 7) is 0. The van der Waals surface area contributed by atoms with Crippen molar-refractivity contribution in [3.63, 3.8) is 0 Å². The second-order valence-corrected chi connectivity index (χ2v) is 9.59. The molecule has 0 radical (unpaired) electrons. The third-order valence-corrected chi connectivity index (χ3v) is 8.57. The molecule has 4 aromatic carbocycles. The number of benzene rings is 4. The Morgan fingerprint density at radius 1 is 0.414 bits per heavy atom. The maximum absolute atomic E-state index is 6.47. The van der Waals surface area contributed by atoms with E-state index < -0.39 is 0 Å². The maximum Gasteiger partial charge on any atom is 0.135 e. The van der Waals surface area contributed by atoms with Gasteiger partial charge in [0.25, 0.3) is 0 Å². The molecule has 4 rings (SSSR count). The lowest BCUT2D eigenvalue weighted by Gasteiger charge is -2.16. The minimum Gasteiger partial charge on any atom is -0.456 e. The van der Waals surface area contributed by atoms with Crippen molar-refractivity contribution in [2.24, 2.45) is 0 Å². The SMILES string of the molecule is Brc1cccc(-c2ccccc2Oc2ccccc2-c2cccc(Br)c2Br)c1Br. The first-order chi connectivity index (χ1) is 14.1. The summed E-state index contributed by atoms with van der Waals surface area (Å²) in [5.74, 6) is 1.59. The molecule has 144 valence electrons. The Morgan fingerprint density at radius 2 is 0.793 bits per heavy atom. The molecule has 0 saturated carbocycles. The maximum atomic E-state index is 6.47. The molecule has 0 aliphatic carbocycles. The molecular weight excluding hydrogens is 624 g/mol. The zero-order chi connectivity index (χ0) is 20.4. The van der Waals surface area contributed by atoms with E-state index >= 15 is 0 Å². The van der Waals surface area contributed by atoms with Crippen LogP contribution in [0, 0.1) is 0 Å². The smallest absolute Gasteiger partial charge is 0.135 e. The fourth-order valence-electron chi connectivity index (χ4n) is 3.10. The predicted molar refractivity (Wildman–Crippen MR) is 135 cm³/mol. The van der Waals surface area contributed by atoms with Gasteiger partial charge in [-0.3, -0.25) is 0 Å². The zero-order valence-electron chi connectivity index (χ0n) is 15.0. The summed E-state index contributed by atoms with van der Waals surface area (Å²) < 4.78 is 10.5. The first kappa shape index (κ1) is 20.9. The molecule has 4 aromatic rings. The number of rotatable bonds is 4. The van der Waals surface area contributed by atoms with Crippen LogP contribution in [-0.2, 0) is 0 Å². The van der Waals surface area contributed by atoms with Gasteiger partial charge in [-0.15, -0.1) is 0 Å². The lowest BCUT2D eigenvalue weighted by atomic mass is 10.0. The Balaban J connectivity index is 1.82. The van der Waals surface area contributed by atoms with Crippen LogP contribution in [0.15, 0.2) is 103 Å². The van der Waals surface area contributed by atoms with Crippen LogP contribution in [0.3, 0.4) is 0 Å². The summed E-state index contributed by atoms with van der Waals surface area (Å²) in [5, 5.41) is 0. The topological polar surface area (TPSA) is 9.23 Å². The van der Waals surface area contributed by atoms with Gasteiger partial charge in [-0.05, 0) is 88.0 Å². The summed E-state index contributed by atoms with van der Waals surface area (Å²) >= 11 is 14.6.